The summed E-state index contributed by atoms with van der Waals surface area (Å²) >= 11 is 0. The first-order chi connectivity index (χ1) is 7.63. The molecular formula is C12H16FNO2. The van der Waals surface area contributed by atoms with E-state index < -0.39 is 0 Å². The standard InChI is InChI=1S/C12H16FNO2/c1-9(7-8-16-2)14-12(15)10-3-5-11(13)6-4-10/h3-6,9H,7-8H2,1-2H3,(H,14,15). The monoisotopic (exact) mass is 225 g/mol. The molecule has 88 valence electrons. The van der Waals surface area contributed by atoms with E-state index in [0.717, 1.165) is 6.42 Å². The molecule has 0 saturated heterocycles. The van der Waals surface area contributed by atoms with Crippen molar-refractivity contribution in [1.82, 2.24) is 5.32 Å². The van der Waals surface area contributed by atoms with Gasteiger partial charge in [0.15, 0.2) is 0 Å². The molecule has 1 aromatic rings. The lowest BCUT2D eigenvalue weighted by atomic mass is 10.2. The summed E-state index contributed by atoms with van der Waals surface area (Å²) in [5.74, 6) is -0.535. The summed E-state index contributed by atoms with van der Waals surface area (Å²) < 4.78 is 17.5. The number of nitrogens with one attached hydrogen (secondary N) is 1. The minimum Gasteiger partial charge on any atom is -0.385 e. The summed E-state index contributed by atoms with van der Waals surface area (Å²) in [5.41, 5.74) is 0.464. The molecule has 0 spiro atoms. The third-order valence-electron chi connectivity index (χ3n) is 2.24. The second kappa shape index (κ2) is 6.23. The van der Waals surface area contributed by atoms with Crippen molar-refractivity contribution in [2.24, 2.45) is 0 Å². The molecule has 0 fully saturated rings. The van der Waals surface area contributed by atoms with Gasteiger partial charge in [0, 0.05) is 25.3 Å². The van der Waals surface area contributed by atoms with Crippen molar-refractivity contribution in [3.63, 3.8) is 0 Å². The van der Waals surface area contributed by atoms with Gasteiger partial charge in [-0.25, -0.2) is 4.39 Å². The molecule has 0 bridgehead atoms. The van der Waals surface area contributed by atoms with Gasteiger partial charge in [-0.05, 0) is 37.6 Å². The smallest absolute Gasteiger partial charge is 0.251 e. The third kappa shape index (κ3) is 3.98. The Balaban J connectivity index is 2.48. The molecule has 1 rings (SSSR count). The van der Waals surface area contributed by atoms with Crippen LogP contribution in [0.4, 0.5) is 4.39 Å². The van der Waals surface area contributed by atoms with Crippen LogP contribution >= 0.6 is 0 Å². The second-order valence-electron chi connectivity index (χ2n) is 3.66. The number of amides is 1. The first kappa shape index (κ1) is 12.6. The van der Waals surface area contributed by atoms with Gasteiger partial charge in [0.25, 0.3) is 5.91 Å². The molecular weight excluding hydrogens is 209 g/mol. The lowest BCUT2D eigenvalue weighted by Crippen LogP contribution is -2.33. The Morgan fingerprint density at radius 3 is 2.62 bits per heavy atom. The molecule has 0 heterocycles. The van der Waals surface area contributed by atoms with Crippen LogP contribution in [0.15, 0.2) is 24.3 Å². The number of carbonyl (C=O) groups excluding carboxylic acids is 1. The lowest BCUT2D eigenvalue weighted by Gasteiger charge is -2.13. The van der Waals surface area contributed by atoms with Gasteiger partial charge in [-0.1, -0.05) is 0 Å². The van der Waals surface area contributed by atoms with E-state index >= 15 is 0 Å². The van der Waals surface area contributed by atoms with Crippen molar-refractivity contribution in [3.8, 4) is 0 Å². The zero-order valence-electron chi connectivity index (χ0n) is 9.50. The maximum atomic E-state index is 12.6. The van der Waals surface area contributed by atoms with Crippen LogP contribution in [0.2, 0.25) is 0 Å². The van der Waals surface area contributed by atoms with Crippen molar-refractivity contribution in [3.05, 3.63) is 35.6 Å². The molecule has 1 atom stereocenters. The molecule has 3 nitrogen and oxygen atoms in total. The van der Waals surface area contributed by atoms with Crippen molar-refractivity contribution in [2.45, 2.75) is 19.4 Å². The molecule has 4 heteroatoms. The highest BCUT2D eigenvalue weighted by molar-refractivity contribution is 5.94. The van der Waals surface area contributed by atoms with Gasteiger partial charge in [-0.2, -0.15) is 0 Å². The Labute approximate surface area is 94.6 Å². The first-order valence-electron chi connectivity index (χ1n) is 5.19. The van der Waals surface area contributed by atoms with Crippen molar-refractivity contribution >= 4 is 5.91 Å². The Kier molecular flexibility index (Phi) is 4.92. The number of rotatable bonds is 5. The Hall–Kier alpha value is -1.42. The van der Waals surface area contributed by atoms with Crippen molar-refractivity contribution < 1.29 is 13.9 Å². The van der Waals surface area contributed by atoms with E-state index in [1.807, 2.05) is 6.92 Å². The van der Waals surface area contributed by atoms with Gasteiger partial charge in [-0.3, -0.25) is 4.79 Å². The van der Waals surface area contributed by atoms with Gasteiger partial charge in [-0.15, -0.1) is 0 Å². The summed E-state index contributed by atoms with van der Waals surface area (Å²) in [7, 11) is 1.62. The first-order valence-corrected chi connectivity index (χ1v) is 5.19. The maximum absolute atomic E-state index is 12.6. The summed E-state index contributed by atoms with van der Waals surface area (Å²) in [4.78, 5) is 11.7. The fourth-order valence-electron chi connectivity index (χ4n) is 1.28. The molecule has 0 aliphatic heterocycles. The lowest BCUT2D eigenvalue weighted by molar-refractivity contribution is 0.0929. The van der Waals surface area contributed by atoms with Crippen LogP contribution in [-0.4, -0.2) is 25.7 Å². The molecule has 1 unspecified atom stereocenters. The number of methoxy groups -OCH3 is 1. The fourth-order valence-corrected chi connectivity index (χ4v) is 1.28. The topological polar surface area (TPSA) is 38.3 Å². The van der Waals surface area contributed by atoms with E-state index in [9.17, 15) is 9.18 Å². The Bertz CT molecular complexity index is 337. The van der Waals surface area contributed by atoms with Crippen LogP contribution in [0.3, 0.4) is 0 Å². The number of ether oxygens (including phenoxy) is 1. The predicted octanol–water partition coefficient (Wildman–Crippen LogP) is 1.98. The molecule has 1 aromatic carbocycles. The molecule has 1 amide bonds. The zero-order chi connectivity index (χ0) is 12.0. The Morgan fingerprint density at radius 2 is 2.06 bits per heavy atom. The number of benzene rings is 1. The highest BCUT2D eigenvalue weighted by atomic mass is 19.1. The average molecular weight is 225 g/mol. The van der Waals surface area contributed by atoms with E-state index in [2.05, 4.69) is 5.32 Å². The summed E-state index contributed by atoms with van der Waals surface area (Å²) in [6, 6.07) is 5.52. The predicted molar refractivity (Wildman–Crippen MR) is 59.8 cm³/mol. The van der Waals surface area contributed by atoms with Crippen molar-refractivity contribution in [2.75, 3.05) is 13.7 Å². The van der Waals surface area contributed by atoms with Crippen LogP contribution in [0.5, 0.6) is 0 Å². The Morgan fingerprint density at radius 1 is 1.44 bits per heavy atom. The molecule has 0 aliphatic carbocycles. The molecule has 16 heavy (non-hydrogen) atoms. The fraction of sp³-hybridized carbons (Fsp3) is 0.417. The average Bonchev–Trinajstić information content (AvgIpc) is 2.27. The highest BCUT2D eigenvalue weighted by Gasteiger charge is 2.09. The number of hydrogen-bond acceptors (Lipinski definition) is 2. The summed E-state index contributed by atoms with van der Waals surface area (Å²) in [6.07, 6.45) is 0.753. The van der Waals surface area contributed by atoms with E-state index in [1.165, 1.54) is 24.3 Å². The van der Waals surface area contributed by atoms with E-state index in [4.69, 9.17) is 4.74 Å². The normalized spacial score (nSPS) is 12.2. The molecule has 0 aliphatic rings. The van der Waals surface area contributed by atoms with Crippen molar-refractivity contribution in [1.29, 1.82) is 0 Å². The van der Waals surface area contributed by atoms with Crippen LogP contribution < -0.4 is 5.32 Å². The van der Waals surface area contributed by atoms with Gasteiger partial charge >= 0.3 is 0 Å². The zero-order valence-corrected chi connectivity index (χ0v) is 9.50. The minimum absolute atomic E-state index is 0.0394. The van der Waals surface area contributed by atoms with Crippen LogP contribution in [0, 0.1) is 5.82 Å². The van der Waals surface area contributed by atoms with Gasteiger partial charge < -0.3 is 10.1 Å². The SMILES string of the molecule is COCCC(C)NC(=O)c1ccc(F)cc1. The summed E-state index contributed by atoms with van der Waals surface area (Å²) in [6.45, 7) is 2.51. The van der Waals surface area contributed by atoms with E-state index in [0.29, 0.717) is 12.2 Å². The largest absolute Gasteiger partial charge is 0.385 e. The quantitative estimate of drug-likeness (QED) is 0.832. The second-order valence-corrected chi connectivity index (χ2v) is 3.66. The van der Waals surface area contributed by atoms with E-state index in [1.54, 1.807) is 7.11 Å². The van der Waals surface area contributed by atoms with Gasteiger partial charge in [0.1, 0.15) is 5.82 Å². The third-order valence-corrected chi connectivity index (χ3v) is 2.24. The number of hydrogen-bond donors (Lipinski definition) is 1. The van der Waals surface area contributed by atoms with Gasteiger partial charge in [0.05, 0.1) is 0 Å². The molecule has 1 N–H and O–H groups in total. The maximum Gasteiger partial charge on any atom is 0.251 e. The molecule has 0 saturated carbocycles. The summed E-state index contributed by atoms with van der Waals surface area (Å²) in [5, 5.41) is 2.81. The van der Waals surface area contributed by atoms with Crippen LogP contribution in [0.25, 0.3) is 0 Å². The highest BCUT2D eigenvalue weighted by Crippen LogP contribution is 2.03. The van der Waals surface area contributed by atoms with Gasteiger partial charge in [0.2, 0.25) is 0 Å². The number of halogens is 1. The number of carbonyl (C=O) groups is 1. The molecule has 0 aromatic heterocycles. The molecule has 0 radical (unpaired) electrons. The van der Waals surface area contributed by atoms with E-state index in [-0.39, 0.29) is 17.8 Å². The minimum atomic E-state index is -0.344. The van der Waals surface area contributed by atoms with Crippen LogP contribution in [-0.2, 0) is 4.74 Å². The van der Waals surface area contributed by atoms with Crippen LogP contribution in [0.1, 0.15) is 23.7 Å².